The fourth-order valence-corrected chi connectivity index (χ4v) is 1.94. The third-order valence-corrected chi connectivity index (χ3v) is 3.37. The van der Waals surface area contributed by atoms with Gasteiger partial charge in [-0.3, -0.25) is 24.8 Å². The molecule has 1 aromatic carbocycles. The highest BCUT2D eigenvalue weighted by molar-refractivity contribution is 5.90. The minimum atomic E-state index is -1.30. The van der Waals surface area contributed by atoms with Crippen molar-refractivity contribution in [2.24, 2.45) is 5.84 Å². The zero-order valence-corrected chi connectivity index (χ0v) is 15.1. The number of aliphatic carboxylic acids is 1. The summed E-state index contributed by atoms with van der Waals surface area (Å²) in [6.07, 6.45) is -0.191. The van der Waals surface area contributed by atoms with Crippen molar-refractivity contribution in [3.8, 4) is 0 Å². The minimum absolute atomic E-state index is 0.0120. The first-order valence-electron chi connectivity index (χ1n) is 8.32. The highest BCUT2D eigenvalue weighted by Gasteiger charge is 2.22. The van der Waals surface area contributed by atoms with E-state index in [1.807, 2.05) is 6.07 Å². The molecular weight excluding hydrogens is 372 g/mol. The predicted octanol–water partition coefficient (Wildman–Crippen LogP) is -2.36. The van der Waals surface area contributed by atoms with Gasteiger partial charge >= 0.3 is 12.0 Å². The van der Waals surface area contributed by atoms with E-state index in [1.54, 1.807) is 24.3 Å². The molecule has 154 valence electrons. The molecule has 0 saturated carbocycles. The Labute approximate surface area is 161 Å². The van der Waals surface area contributed by atoms with Gasteiger partial charge < -0.3 is 20.8 Å². The van der Waals surface area contributed by atoms with E-state index in [2.05, 4.69) is 21.5 Å². The number of hydrogen-bond acceptors (Lipinski definition) is 7. The first-order chi connectivity index (χ1) is 13.3. The molecule has 28 heavy (non-hydrogen) atoms. The van der Waals surface area contributed by atoms with Crippen LogP contribution in [0.25, 0.3) is 0 Å². The largest absolute Gasteiger partial charge is 0.481 e. The number of carbonyl (C=O) groups is 4. The lowest BCUT2D eigenvalue weighted by Crippen LogP contribution is -2.55. The van der Waals surface area contributed by atoms with Crippen molar-refractivity contribution < 1.29 is 29.4 Å². The van der Waals surface area contributed by atoms with Crippen LogP contribution in [0.15, 0.2) is 30.3 Å². The van der Waals surface area contributed by atoms with E-state index in [9.17, 15) is 24.3 Å². The van der Waals surface area contributed by atoms with Crippen LogP contribution >= 0.6 is 0 Å². The number of urea groups is 1. The molecule has 0 aliphatic rings. The van der Waals surface area contributed by atoms with E-state index in [-0.39, 0.29) is 19.5 Å². The predicted molar refractivity (Wildman–Crippen MR) is 97.0 cm³/mol. The van der Waals surface area contributed by atoms with Crippen LogP contribution in [0.4, 0.5) is 4.79 Å². The third-order valence-electron chi connectivity index (χ3n) is 3.37. The summed E-state index contributed by atoms with van der Waals surface area (Å²) in [7, 11) is 0. The molecule has 0 spiro atoms. The third kappa shape index (κ3) is 8.93. The molecule has 0 aliphatic carbocycles. The average molecular weight is 396 g/mol. The van der Waals surface area contributed by atoms with Crippen LogP contribution in [-0.4, -0.2) is 64.8 Å². The van der Waals surface area contributed by atoms with Crippen LogP contribution in [-0.2, 0) is 20.9 Å². The molecule has 0 radical (unpaired) electrons. The number of carbonyl (C=O) groups excluding carboxylic acids is 3. The normalized spacial score (nSPS) is 11.2. The summed E-state index contributed by atoms with van der Waals surface area (Å²) in [6.45, 7) is -1.04. The Morgan fingerprint density at radius 3 is 2.43 bits per heavy atom. The molecule has 0 fully saturated rings. The van der Waals surface area contributed by atoms with Gasteiger partial charge in [0.15, 0.2) is 0 Å². The number of amides is 4. The number of rotatable bonds is 11. The molecule has 0 saturated heterocycles. The highest BCUT2D eigenvalue weighted by Crippen LogP contribution is 2.01. The van der Waals surface area contributed by atoms with Crippen molar-refractivity contribution in [2.75, 3.05) is 19.7 Å². The molecule has 0 heterocycles. The van der Waals surface area contributed by atoms with Gasteiger partial charge in [0.05, 0.1) is 26.1 Å². The van der Waals surface area contributed by atoms with Crippen molar-refractivity contribution in [2.45, 2.75) is 19.0 Å². The van der Waals surface area contributed by atoms with Crippen LogP contribution in [0.5, 0.6) is 0 Å². The minimum Gasteiger partial charge on any atom is -0.481 e. The van der Waals surface area contributed by atoms with Crippen molar-refractivity contribution in [1.29, 1.82) is 0 Å². The molecule has 0 aliphatic heterocycles. The van der Waals surface area contributed by atoms with Gasteiger partial charge in [-0.25, -0.2) is 16.1 Å². The van der Waals surface area contributed by atoms with Crippen LogP contribution in [0.1, 0.15) is 12.0 Å². The van der Waals surface area contributed by atoms with E-state index in [0.717, 1.165) is 10.6 Å². The van der Waals surface area contributed by atoms with Gasteiger partial charge in [-0.1, -0.05) is 30.3 Å². The fourth-order valence-electron chi connectivity index (χ4n) is 1.94. The Morgan fingerprint density at radius 1 is 1.14 bits per heavy atom. The molecule has 8 N–H and O–H groups in total. The van der Waals surface area contributed by atoms with Crippen molar-refractivity contribution >= 4 is 23.8 Å². The number of aliphatic hydroxyl groups is 1. The van der Waals surface area contributed by atoms with E-state index in [1.165, 1.54) is 0 Å². The number of nitrogens with zero attached hydrogens (tertiary/aromatic N) is 1. The second-order valence-electron chi connectivity index (χ2n) is 5.63. The summed E-state index contributed by atoms with van der Waals surface area (Å²) >= 11 is 0. The van der Waals surface area contributed by atoms with Gasteiger partial charge in [0.25, 0.3) is 5.91 Å². The number of benzene rings is 1. The van der Waals surface area contributed by atoms with Crippen LogP contribution < -0.4 is 27.3 Å². The van der Waals surface area contributed by atoms with Crippen LogP contribution in [0.3, 0.4) is 0 Å². The van der Waals surface area contributed by atoms with E-state index < -0.39 is 43.0 Å². The van der Waals surface area contributed by atoms with Gasteiger partial charge in [0, 0.05) is 6.54 Å². The Balaban J connectivity index is 2.38. The quantitative estimate of drug-likeness (QED) is 0.0937. The molecular formula is C16H24N6O6. The molecule has 0 aromatic heterocycles. The average Bonchev–Trinajstić information content (AvgIpc) is 2.67. The Hall–Kier alpha value is -3.22. The standard InChI is InChI=1S/C16H24N6O6/c17-22(9-11-4-2-1-3-5-11)16(28)20-12(10-23)15(27)18-8-13(24)21-19-7-6-14(25)26/h1-5,12,19,23H,6-10,17H2,(H,18,27)(H,20,28)(H,21,24)(H,25,26)/t12-/m0/s1. The topological polar surface area (TPSA) is 186 Å². The second-order valence-corrected chi connectivity index (χ2v) is 5.63. The summed E-state index contributed by atoms with van der Waals surface area (Å²) in [4.78, 5) is 45.9. The molecule has 0 bridgehead atoms. The lowest BCUT2D eigenvalue weighted by molar-refractivity contribution is -0.137. The maximum Gasteiger partial charge on any atom is 0.332 e. The first-order valence-corrected chi connectivity index (χ1v) is 8.32. The van der Waals surface area contributed by atoms with Crippen LogP contribution in [0, 0.1) is 0 Å². The summed E-state index contributed by atoms with van der Waals surface area (Å²) in [5, 5.41) is 23.1. The number of hydrogen-bond donors (Lipinski definition) is 7. The number of aliphatic hydroxyl groups excluding tert-OH is 1. The number of carboxylic acids is 1. The maximum atomic E-state index is 12.1. The monoisotopic (exact) mass is 396 g/mol. The van der Waals surface area contributed by atoms with Gasteiger partial charge in [0.2, 0.25) is 5.91 Å². The first kappa shape index (κ1) is 22.8. The van der Waals surface area contributed by atoms with E-state index in [4.69, 9.17) is 10.9 Å². The van der Waals surface area contributed by atoms with Gasteiger partial charge in [0.1, 0.15) is 6.04 Å². The maximum absolute atomic E-state index is 12.1. The highest BCUT2D eigenvalue weighted by atomic mass is 16.4. The molecule has 12 heteroatoms. The summed E-state index contributed by atoms with van der Waals surface area (Å²) < 4.78 is 0. The lowest BCUT2D eigenvalue weighted by atomic mass is 10.2. The van der Waals surface area contributed by atoms with Crippen molar-refractivity contribution in [3.05, 3.63) is 35.9 Å². The van der Waals surface area contributed by atoms with Crippen molar-refractivity contribution in [3.63, 3.8) is 0 Å². The summed E-state index contributed by atoms with van der Waals surface area (Å²) in [5.74, 6) is 3.21. The number of nitrogens with one attached hydrogen (secondary N) is 4. The van der Waals surface area contributed by atoms with Crippen LogP contribution in [0.2, 0.25) is 0 Å². The molecule has 1 atom stereocenters. The second kappa shape index (κ2) is 12.2. The molecule has 0 unspecified atom stereocenters. The molecule has 4 amide bonds. The Bertz CT molecular complexity index is 671. The van der Waals surface area contributed by atoms with Crippen molar-refractivity contribution in [1.82, 2.24) is 26.5 Å². The fraction of sp³-hybridized carbons (Fsp3) is 0.375. The zero-order valence-electron chi connectivity index (χ0n) is 15.1. The molecule has 1 aromatic rings. The summed E-state index contributed by atoms with van der Waals surface area (Å²) in [5.41, 5.74) is 5.35. The number of hydrazine groups is 2. The van der Waals surface area contributed by atoms with Gasteiger partial charge in [-0.05, 0) is 5.56 Å². The number of nitrogens with two attached hydrogens (primary N) is 1. The number of carboxylic acid groups (broad SMARTS) is 1. The molecule has 12 nitrogen and oxygen atoms in total. The van der Waals surface area contributed by atoms with Gasteiger partial charge in [-0.15, -0.1) is 0 Å². The van der Waals surface area contributed by atoms with E-state index >= 15 is 0 Å². The Morgan fingerprint density at radius 2 is 1.82 bits per heavy atom. The van der Waals surface area contributed by atoms with Gasteiger partial charge in [-0.2, -0.15) is 0 Å². The lowest BCUT2D eigenvalue weighted by Gasteiger charge is -2.21. The smallest absolute Gasteiger partial charge is 0.332 e. The zero-order chi connectivity index (χ0) is 20.9. The van der Waals surface area contributed by atoms with E-state index in [0.29, 0.717) is 0 Å². The molecule has 1 rings (SSSR count). The SMILES string of the molecule is NN(Cc1ccccc1)C(=O)N[C@@H](CO)C(=O)NCC(=O)NNCCC(=O)O. The Kier molecular flexibility index (Phi) is 9.96. The summed E-state index contributed by atoms with van der Waals surface area (Å²) in [6, 6.07) is 6.84.